The van der Waals surface area contributed by atoms with Gasteiger partial charge in [-0.3, -0.25) is 4.79 Å². The summed E-state index contributed by atoms with van der Waals surface area (Å²) in [6, 6.07) is 0.337. The number of hydrogen-bond donors (Lipinski definition) is 3. The minimum atomic E-state index is -0.219. The summed E-state index contributed by atoms with van der Waals surface area (Å²) in [5, 5.41) is 8.62. The maximum absolute atomic E-state index is 10.4. The zero-order valence-corrected chi connectivity index (χ0v) is 12.0. The van der Waals surface area contributed by atoms with Crippen LogP contribution >= 0.6 is 12.2 Å². The Morgan fingerprint density at radius 2 is 2.06 bits per heavy atom. The number of esters is 1. The van der Waals surface area contributed by atoms with E-state index < -0.39 is 0 Å². The Labute approximate surface area is 109 Å². The number of thiocarbonyl (C=S) groups is 1. The third-order valence-corrected chi connectivity index (χ3v) is 1.65. The molecular formula is C11H23N3O2S. The summed E-state index contributed by atoms with van der Waals surface area (Å²) < 4.78 is 4.40. The van der Waals surface area contributed by atoms with E-state index in [0.29, 0.717) is 12.6 Å². The maximum Gasteiger partial charge on any atom is 0.319 e. The Balaban J connectivity index is 0. The van der Waals surface area contributed by atoms with Crippen LogP contribution in [0.3, 0.4) is 0 Å². The van der Waals surface area contributed by atoms with Crippen molar-refractivity contribution in [3.05, 3.63) is 11.9 Å². The molecule has 0 heterocycles. The standard InChI is InChI=1S/C6H13NO2.C5H10N2S/c1-5(2)7-4-6(8)9-3;1-5(3-6-2)7-4-8/h5,7H,4H2,1-3H3;3-4,6H,1-2H3,(H,7,8)/b;5-3-. The lowest BCUT2D eigenvalue weighted by Crippen LogP contribution is -2.29. The fourth-order valence-corrected chi connectivity index (χ4v) is 0.897. The van der Waals surface area contributed by atoms with Gasteiger partial charge in [-0.25, -0.2) is 0 Å². The third kappa shape index (κ3) is 17.5. The lowest BCUT2D eigenvalue weighted by molar-refractivity contribution is -0.139. The van der Waals surface area contributed by atoms with Crippen molar-refractivity contribution in [2.24, 2.45) is 0 Å². The molecular weight excluding hydrogens is 238 g/mol. The molecule has 6 heteroatoms. The van der Waals surface area contributed by atoms with Crippen LogP contribution in [0.2, 0.25) is 0 Å². The van der Waals surface area contributed by atoms with Crippen LogP contribution in [0.5, 0.6) is 0 Å². The average Bonchev–Trinajstić information content (AvgIpc) is 2.27. The molecule has 5 nitrogen and oxygen atoms in total. The highest BCUT2D eigenvalue weighted by molar-refractivity contribution is 7.78. The van der Waals surface area contributed by atoms with Gasteiger partial charge >= 0.3 is 5.97 Å². The van der Waals surface area contributed by atoms with Crippen LogP contribution in [-0.4, -0.2) is 38.2 Å². The van der Waals surface area contributed by atoms with Gasteiger partial charge < -0.3 is 20.7 Å². The second kappa shape index (κ2) is 12.9. The van der Waals surface area contributed by atoms with Crippen molar-refractivity contribution >= 4 is 23.7 Å². The van der Waals surface area contributed by atoms with Gasteiger partial charge in [0.2, 0.25) is 0 Å². The molecule has 0 amide bonds. The van der Waals surface area contributed by atoms with Gasteiger partial charge in [0, 0.05) is 25.0 Å². The van der Waals surface area contributed by atoms with E-state index in [1.807, 2.05) is 34.0 Å². The average molecular weight is 261 g/mol. The topological polar surface area (TPSA) is 62.4 Å². The molecule has 0 rings (SSSR count). The van der Waals surface area contributed by atoms with Gasteiger partial charge in [0.1, 0.15) is 0 Å². The number of ether oxygens (including phenoxy) is 1. The summed E-state index contributed by atoms with van der Waals surface area (Å²) in [5.41, 5.74) is 2.49. The molecule has 0 unspecified atom stereocenters. The predicted molar refractivity (Wildman–Crippen MR) is 74.8 cm³/mol. The zero-order chi connectivity index (χ0) is 13.7. The zero-order valence-electron chi connectivity index (χ0n) is 11.2. The molecule has 0 fully saturated rings. The molecule has 0 aliphatic rings. The molecule has 0 aromatic heterocycles. The second-order valence-corrected chi connectivity index (χ2v) is 3.73. The minimum Gasteiger partial charge on any atom is -0.468 e. The molecule has 0 aliphatic carbocycles. The molecule has 0 atom stereocenters. The fourth-order valence-electron chi connectivity index (χ4n) is 0.711. The Morgan fingerprint density at radius 3 is 2.41 bits per heavy atom. The van der Waals surface area contributed by atoms with Gasteiger partial charge in [-0.1, -0.05) is 26.1 Å². The van der Waals surface area contributed by atoms with Crippen molar-refractivity contribution in [1.82, 2.24) is 16.0 Å². The normalized spacial score (nSPS) is 10.1. The van der Waals surface area contributed by atoms with E-state index in [4.69, 9.17) is 0 Å². The van der Waals surface area contributed by atoms with Crippen LogP contribution in [0.1, 0.15) is 20.8 Å². The van der Waals surface area contributed by atoms with Gasteiger partial charge in [-0.2, -0.15) is 0 Å². The highest BCUT2D eigenvalue weighted by atomic mass is 32.1. The highest BCUT2D eigenvalue weighted by Gasteiger charge is 1.98. The summed E-state index contributed by atoms with van der Waals surface area (Å²) in [6.45, 7) is 6.18. The van der Waals surface area contributed by atoms with Gasteiger partial charge in [-0.15, -0.1) is 0 Å². The summed E-state index contributed by atoms with van der Waals surface area (Å²) in [7, 11) is 3.22. The number of rotatable bonds is 6. The lowest BCUT2D eigenvalue weighted by atomic mass is 10.4. The van der Waals surface area contributed by atoms with Crippen molar-refractivity contribution in [2.45, 2.75) is 26.8 Å². The van der Waals surface area contributed by atoms with E-state index in [1.54, 1.807) is 0 Å². The SMILES string of the molecule is CN/C=C(/C)NC=S.COC(=O)CNC(C)C. The number of carbonyl (C=O) groups excluding carboxylic acids is 1. The molecule has 0 saturated heterocycles. The highest BCUT2D eigenvalue weighted by Crippen LogP contribution is 1.77. The molecule has 0 aromatic rings. The van der Waals surface area contributed by atoms with E-state index in [-0.39, 0.29) is 5.97 Å². The molecule has 0 radical (unpaired) electrons. The van der Waals surface area contributed by atoms with Crippen LogP contribution in [0, 0.1) is 0 Å². The second-order valence-electron chi connectivity index (χ2n) is 3.49. The fraction of sp³-hybridized carbons (Fsp3) is 0.636. The molecule has 17 heavy (non-hydrogen) atoms. The summed E-state index contributed by atoms with van der Waals surface area (Å²) in [6.07, 6.45) is 1.84. The largest absolute Gasteiger partial charge is 0.468 e. The van der Waals surface area contributed by atoms with Crippen molar-refractivity contribution in [3.63, 3.8) is 0 Å². The van der Waals surface area contributed by atoms with E-state index in [0.717, 1.165) is 5.70 Å². The molecule has 0 bridgehead atoms. The molecule has 100 valence electrons. The van der Waals surface area contributed by atoms with Crippen molar-refractivity contribution in [1.29, 1.82) is 0 Å². The van der Waals surface area contributed by atoms with Gasteiger partial charge in [0.25, 0.3) is 0 Å². The van der Waals surface area contributed by atoms with Crippen LogP contribution in [0.4, 0.5) is 0 Å². The third-order valence-electron chi connectivity index (χ3n) is 1.53. The summed E-state index contributed by atoms with van der Waals surface area (Å²) >= 11 is 4.54. The van der Waals surface area contributed by atoms with Gasteiger partial charge in [0.15, 0.2) is 0 Å². The Morgan fingerprint density at radius 1 is 1.47 bits per heavy atom. The number of nitrogens with one attached hydrogen (secondary N) is 3. The van der Waals surface area contributed by atoms with Crippen molar-refractivity contribution in [2.75, 3.05) is 20.7 Å². The quantitative estimate of drug-likeness (QED) is 0.485. The monoisotopic (exact) mass is 261 g/mol. The molecule has 0 spiro atoms. The van der Waals surface area contributed by atoms with Crippen LogP contribution in [0.15, 0.2) is 11.9 Å². The molecule has 3 N–H and O–H groups in total. The van der Waals surface area contributed by atoms with Crippen molar-refractivity contribution in [3.8, 4) is 0 Å². The van der Waals surface area contributed by atoms with E-state index in [2.05, 4.69) is 32.9 Å². The first-order chi connectivity index (χ1) is 7.97. The van der Waals surface area contributed by atoms with Gasteiger partial charge in [-0.05, 0) is 6.92 Å². The van der Waals surface area contributed by atoms with E-state index >= 15 is 0 Å². The molecule has 0 aromatic carbocycles. The minimum absolute atomic E-state index is 0.219. The van der Waals surface area contributed by atoms with E-state index in [9.17, 15) is 4.79 Å². The molecule has 0 saturated carbocycles. The first-order valence-electron chi connectivity index (χ1n) is 5.32. The van der Waals surface area contributed by atoms with Gasteiger partial charge in [0.05, 0.1) is 19.1 Å². The van der Waals surface area contributed by atoms with Crippen LogP contribution in [-0.2, 0) is 9.53 Å². The Bertz CT molecular complexity index is 243. The Kier molecular flexibility index (Phi) is 13.9. The first kappa shape index (κ1) is 18.2. The molecule has 0 aliphatic heterocycles. The van der Waals surface area contributed by atoms with E-state index in [1.165, 1.54) is 12.6 Å². The first-order valence-corrected chi connectivity index (χ1v) is 5.79. The summed E-state index contributed by atoms with van der Waals surface area (Å²) in [5.74, 6) is -0.219. The number of allylic oxidation sites excluding steroid dienone is 1. The number of hydrogen-bond acceptors (Lipinski definition) is 5. The number of carbonyl (C=O) groups is 1. The number of methoxy groups -OCH3 is 1. The predicted octanol–water partition coefficient (Wildman–Crippen LogP) is 0.771. The summed E-state index contributed by atoms with van der Waals surface area (Å²) in [4.78, 5) is 10.4. The van der Waals surface area contributed by atoms with Crippen molar-refractivity contribution < 1.29 is 9.53 Å². The smallest absolute Gasteiger partial charge is 0.319 e. The Hall–Kier alpha value is -1.14. The maximum atomic E-state index is 10.4. The van der Waals surface area contributed by atoms with Crippen LogP contribution in [0.25, 0.3) is 0 Å². The lowest BCUT2D eigenvalue weighted by Gasteiger charge is -2.04. The van der Waals surface area contributed by atoms with Crippen LogP contribution < -0.4 is 16.0 Å².